The van der Waals surface area contributed by atoms with Gasteiger partial charge in [0.25, 0.3) is 5.91 Å². The molecule has 58 heavy (non-hydrogen) atoms. The van der Waals surface area contributed by atoms with Crippen LogP contribution in [0.1, 0.15) is 59.6 Å². The highest BCUT2D eigenvalue weighted by atomic mass is 35.5. The van der Waals surface area contributed by atoms with Gasteiger partial charge in [-0.3, -0.25) is 4.79 Å². The van der Waals surface area contributed by atoms with Gasteiger partial charge >= 0.3 is 5.97 Å². The van der Waals surface area contributed by atoms with Crippen molar-refractivity contribution < 1.29 is 38.6 Å². The van der Waals surface area contributed by atoms with E-state index in [1.807, 2.05) is 54.6 Å². The molecule has 1 unspecified atom stereocenters. The van der Waals surface area contributed by atoms with Gasteiger partial charge in [-0.15, -0.1) is 22.7 Å². The zero-order valence-corrected chi connectivity index (χ0v) is 34.0. The van der Waals surface area contributed by atoms with Crippen LogP contribution in [-0.2, 0) is 32.5 Å². The number of ether oxygens (including phenoxy) is 1. The summed E-state index contributed by atoms with van der Waals surface area (Å²) in [5.74, 6) is -1.89. The van der Waals surface area contributed by atoms with E-state index in [-0.39, 0.29) is 36.5 Å². The molecular formula is C42H37Cl2FN4O7S2. The molecule has 3 N–H and O–H groups in total. The molecule has 2 aromatic heterocycles. The molecule has 0 spiro atoms. The van der Waals surface area contributed by atoms with Gasteiger partial charge in [0.2, 0.25) is 0 Å². The van der Waals surface area contributed by atoms with Crippen LogP contribution in [0.15, 0.2) is 89.2 Å². The lowest BCUT2D eigenvalue weighted by atomic mass is 9.97. The Bertz CT molecular complexity index is 2410. The van der Waals surface area contributed by atoms with Crippen molar-refractivity contribution in [2.45, 2.75) is 57.1 Å². The highest BCUT2D eigenvalue weighted by Crippen LogP contribution is 2.35. The van der Waals surface area contributed by atoms with Crippen LogP contribution < -0.4 is 10.1 Å². The van der Waals surface area contributed by atoms with Crippen molar-refractivity contribution in [3.05, 3.63) is 121 Å². The number of amides is 1. The number of carboxylic acid groups (broad SMARTS) is 1. The summed E-state index contributed by atoms with van der Waals surface area (Å²) in [6, 6.07) is 22.7. The summed E-state index contributed by atoms with van der Waals surface area (Å²) in [7, 11) is 0. The van der Waals surface area contributed by atoms with E-state index in [0.29, 0.717) is 27.6 Å². The molecule has 2 atom stereocenters. The first-order valence-electron chi connectivity index (χ1n) is 18.7. The van der Waals surface area contributed by atoms with Gasteiger partial charge in [0, 0.05) is 38.6 Å². The highest BCUT2D eigenvalue weighted by molar-refractivity contribution is 7.19. The number of thiophene rings is 2. The summed E-state index contributed by atoms with van der Waals surface area (Å²) in [4.78, 5) is 39.2. The van der Waals surface area contributed by atoms with E-state index in [9.17, 15) is 19.1 Å². The van der Waals surface area contributed by atoms with Crippen LogP contribution in [0, 0.1) is 5.82 Å². The number of carboxylic acids is 1. The van der Waals surface area contributed by atoms with E-state index >= 15 is 0 Å². The Balaban J connectivity index is 0.000000206. The third kappa shape index (κ3) is 9.22. The number of carbonyl (C=O) groups is 2. The molecule has 1 saturated heterocycles. The molecule has 300 valence electrons. The topological polar surface area (TPSA) is 142 Å². The number of aliphatic hydroxyl groups is 1. The van der Waals surface area contributed by atoms with E-state index in [2.05, 4.69) is 20.5 Å². The molecule has 4 aliphatic rings. The molecule has 1 amide bonds. The Morgan fingerprint density at radius 1 is 0.845 bits per heavy atom. The molecule has 9 rings (SSSR count). The molecule has 0 bridgehead atoms. The van der Waals surface area contributed by atoms with Crippen LogP contribution in [0.25, 0.3) is 20.9 Å². The molecule has 16 heteroatoms. The lowest BCUT2D eigenvalue weighted by Gasteiger charge is -2.29. The van der Waals surface area contributed by atoms with Crippen LogP contribution in [0.5, 0.6) is 5.75 Å². The minimum absolute atomic E-state index is 0.0583. The number of aliphatic hydroxyl groups excluding tert-OH is 1. The third-order valence-electron chi connectivity index (χ3n) is 10.1. The molecule has 0 radical (unpaired) electrons. The molecular weight excluding hydrogens is 827 g/mol. The highest BCUT2D eigenvalue weighted by Gasteiger charge is 2.32. The Morgan fingerprint density at radius 3 is 1.97 bits per heavy atom. The number of nitrogens with zero attached hydrogens (tertiary/aromatic N) is 3. The molecule has 2 fully saturated rings. The molecule has 1 saturated carbocycles. The molecule has 3 aromatic carbocycles. The fraction of sp³-hybridized carbons (Fsp3) is 0.286. The quantitative estimate of drug-likeness (QED) is 0.120. The number of likely N-dealkylation sites (tertiary alicyclic amines) is 1. The molecule has 5 aromatic rings. The number of benzene rings is 3. The number of carbonyl (C=O) groups excluding carboxylic acids is 1. The fourth-order valence-electron chi connectivity index (χ4n) is 6.98. The van der Waals surface area contributed by atoms with Crippen LogP contribution in [-0.4, -0.2) is 70.2 Å². The normalized spacial score (nSPS) is 16.9. The van der Waals surface area contributed by atoms with Crippen LogP contribution >= 0.6 is 45.9 Å². The third-order valence-corrected chi connectivity index (χ3v) is 12.6. The number of halogens is 3. The molecule has 5 heterocycles. The van der Waals surface area contributed by atoms with Crippen molar-refractivity contribution in [1.29, 1.82) is 0 Å². The van der Waals surface area contributed by atoms with Gasteiger partial charge in [0.05, 0.1) is 20.8 Å². The number of fused-ring (bicyclic) bond motifs is 2. The number of hydrogen-bond donors (Lipinski definition) is 3. The smallest absolute Gasteiger partial charge is 0.358 e. The maximum atomic E-state index is 14.8. The predicted molar refractivity (Wildman–Crippen MR) is 222 cm³/mol. The lowest BCUT2D eigenvalue weighted by molar-refractivity contribution is -0.129. The van der Waals surface area contributed by atoms with E-state index in [1.54, 1.807) is 18.2 Å². The number of rotatable bonds is 11. The number of nitrogens with one attached hydrogen (secondary N) is 1. The average Bonchev–Trinajstić information content (AvgIpc) is 3.52. The second kappa shape index (κ2) is 17.6. The zero-order chi connectivity index (χ0) is 40.3. The summed E-state index contributed by atoms with van der Waals surface area (Å²) in [6.45, 7) is 2.70. The zero-order valence-electron chi connectivity index (χ0n) is 30.8. The van der Waals surface area contributed by atoms with Crippen molar-refractivity contribution >= 4 is 69.2 Å². The first-order chi connectivity index (χ1) is 28.1. The minimum Gasteiger partial charge on any atom is -0.487 e. The van der Waals surface area contributed by atoms with Crippen molar-refractivity contribution in [2.24, 2.45) is 10.3 Å². The first-order valence-corrected chi connectivity index (χ1v) is 21.1. The lowest BCUT2D eigenvalue weighted by Crippen LogP contribution is -2.49. The number of oxime groups is 2. The Hall–Kier alpha value is -4.83. The summed E-state index contributed by atoms with van der Waals surface area (Å²) >= 11 is 15.0. The number of hydrogen-bond acceptors (Lipinski definition) is 11. The van der Waals surface area contributed by atoms with Gasteiger partial charge in [-0.25, -0.2) is 9.18 Å². The van der Waals surface area contributed by atoms with E-state index in [4.69, 9.17) is 42.7 Å². The Labute approximate surface area is 351 Å². The molecule has 11 nitrogen and oxygen atoms in total. The SMILES string of the molecule is O=C(NC(CN1CCCC1)[C@H](O)c1ccc(OC2CC2)c(F)c1)C1=NOCc2cc(-c3ccc(Cl)s3)ccc21.O=C(O)C1=NOCc2cc(-c3ccc(Cl)s3)ccc21. The van der Waals surface area contributed by atoms with Crippen molar-refractivity contribution in [3.63, 3.8) is 0 Å². The van der Waals surface area contributed by atoms with Crippen LogP contribution in [0.2, 0.25) is 8.67 Å². The van der Waals surface area contributed by atoms with Gasteiger partial charge in [0.15, 0.2) is 23.0 Å². The number of aliphatic carboxylic acids is 1. The first kappa shape index (κ1) is 40.0. The predicted octanol–water partition coefficient (Wildman–Crippen LogP) is 8.68. The van der Waals surface area contributed by atoms with Gasteiger partial charge < -0.3 is 34.8 Å². The summed E-state index contributed by atoms with van der Waals surface area (Å²) < 4.78 is 21.8. The summed E-state index contributed by atoms with van der Waals surface area (Å²) in [5, 5.41) is 31.0. The van der Waals surface area contributed by atoms with Gasteiger partial charge in [-0.2, -0.15) is 0 Å². The molecule has 3 aliphatic heterocycles. The Kier molecular flexibility index (Phi) is 12.1. The fourth-order valence-corrected chi connectivity index (χ4v) is 9.06. The van der Waals surface area contributed by atoms with Gasteiger partial charge in [-0.05, 0) is 104 Å². The second-order valence-electron chi connectivity index (χ2n) is 14.2. The van der Waals surface area contributed by atoms with Gasteiger partial charge in [0.1, 0.15) is 19.3 Å². The summed E-state index contributed by atoms with van der Waals surface area (Å²) in [6.07, 6.45) is 2.91. The van der Waals surface area contributed by atoms with E-state index in [0.717, 1.165) is 75.1 Å². The Morgan fingerprint density at radius 2 is 1.43 bits per heavy atom. The van der Waals surface area contributed by atoms with Gasteiger partial charge in [-0.1, -0.05) is 63.8 Å². The van der Waals surface area contributed by atoms with Crippen molar-refractivity contribution in [3.8, 4) is 26.6 Å². The largest absolute Gasteiger partial charge is 0.487 e. The maximum Gasteiger partial charge on any atom is 0.358 e. The molecule has 1 aliphatic carbocycles. The van der Waals surface area contributed by atoms with Crippen molar-refractivity contribution in [2.75, 3.05) is 19.6 Å². The second-order valence-corrected chi connectivity index (χ2v) is 17.7. The van der Waals surface area contributed by atoms with Crippen LogP contribution in [0.3, 0.4) is 0 Å². The van der Waals surface area contributed by atoms with E-state index in [1.165, 1.54) is 28.7 Å². The maximum absolute atomic E-state index is 14.8. The summed E-state index contributed by atoms with van der Waals surface area (Å²) in [5.41, 5.74) is 5.36. The minimum atomic E-state index is -1.13. The van der Waals surface area contributed by atoms with Crippen molar-refractivity contribution in [1.82, 2.24) is 10.2 Å². The van der Waals surface area contributed by atoms with Crippen LogP contribution in [0.4, 0.5) is 4.39 Å². The monoisotopic (exact) mass is 862 g/mol. The van der Waals surface area contributed by atoms with E-state index < -0.39 is 29.8 Å². The average molecular weight is 864 g/mol. The standard InChI is InChI=1S/C29H29ClFN3O4S.C13H8ClNO3S/c30-26-10-9-25(39-26)17-3-7-21-19(13-17)16-37-33-27(21)29(36)32-23(15-34-11-1-2-12-34)28(35)18-4-8-24(22(31)14-18)38-20-5-6-20;14-11-4-3-10(19-11)7-1-2-9-8(5-7)6-18-15-12(9)13(16)17/h3-4,7-10,13-14,20,23,28,35H,1-2,5-6,11-12,15-16H2,(H,32,36);1-5H,6H2,(H,16,17)/t23?,28-;/m1./s1.